The maximum Gasteiger partial charge on any atom is 0.211 e. The number of nitrogens with one attached hydrogen (secondary N) is 1. The SMILES string of the molecule is O=CNc1cc(C(=O)CBr)ccc1OO. The summed E-state index contributed by atoms with van der Waals surface area (Å²) >= 11 is 3.03. The summed E-state index contributed by atoms with van der Waals surface area (Å²) in [7, 11) is 0. The Labute approximate surface area is 94.1 Å². The molecule has 1 amide bonds. The van der Waals surface area contributed by atoms with E-state index in [0.29, 0.717) is 12.0 Å². The van der Waals surface area contributed by atoms with E-state index in [2.05, 4.69) is 26.1 Å². The van der Waals surface area contributed by atoms with Crippen molar-refractivity contribution in [2.24, 2.45) is 0 Å². The van der Waals surface area contributed by atoms with Gasteiger partial charge in [0.1, 0.15) is 0 Å². The van der Waals surface area contributed by atoms with Crippen molar-refractivity contribution in [3.63, 3.8) is 0 Å². The zero-order valence-corrected chi connectivity index (χ0v) is 9.15. The Morgan fingerprint density at radius 2 is 2.33 bits per heavy atom. The molecule has 0 atom stereocenters. The molecule has 0 aromatic heterocycles. The molecule has 0 aliphatic carbocycles. The number of benzene rings is 1. The number of hydrogen-bond acceptors (Lipinski definition) is 4. The van der Waals surface area contributed by atoms with Gasteiger partial charge < -0.3 is 10.2 Å². The van der Waals surface area contributed by atoms with Crippen LogP contribution in [0.5, 0.6) is 5.75 Å². The number of amides is 1. The Hall–Kier alpha value is -1.40. The smallest absolute Gasteiger partial charge is 0.211 e. The van der Waals surface area contributed by atoms with Crippen LogP contribution >= 0.6 is 15.9 Å². The molecular formula is C9H8BrNO4. The van der Waals surface area contributed by atoms with Crippen LogP contribution in [0, 0.1) is 0 Å². The van der Waals surface area contributed by atoms with Crippen molar-refractivity contribution in [1.82, 2.24) is 0 Å². The van der Waals surface area contributed by atoms with Crippen LogP contribution in [0.1, 0.15) is 10.4 Å². The van der Waals surface area contributed by atoms with Gasteiger partial charge in [0.25, 0.3) is 0 Å². The van der Waals surface area contributed by atoms with Gasteiger partial charge in [-0.2, -0.15) is 0 Å². The summed E-state index contributed by atoms with van der Waals surface area (Å²) in [4.78, 5) is 25.6. The minimum atomic E-state index is -0.131. The number of anilines is 1. The zero-order valence-electron chi connectivity index (χ0n) is 7.57. The third-order valence-electron chi connectivity index (χ3n) is 1.74. The van der Waals surface area contributed by atoms with Gasteiger partial charge in [-0.1, -0.05) is 15.9 Å². The van der Waals surface area contributed by atoms with Crippen molar-refractivity contribution in [2.75, 3.05) is 10.6 Å². The highest BCUT2D eigenvalue weighted by atomic mass is 79.9. The molecule has 1 aromatic carbocycles. The minimum absolute atomic E-state index is 0.0771. The van der Waals surface area contributed by atoms with Gasteiger partial charge in [0.15, 0.2) is 11.5 Å². The molecule has 6 heteroatoms. The predicted octanol–water partition coefficient (Wildman–Crippen LogP) is 1.68. The normalized spacial score (nSPS) is 9.47. The molecule has 5 nitrogen and oxygen atoms in total. The number of carbonyl (C=O) groups is 2. The summed E-state index contributed by atoms with van der Waals surface area (Å²) in [5.74, 6) is -0.0540. The van der Waals surface area contributed by atoms with Crippen molar-refractivity contribution in [3.8, 4) is 5.75 Å². The third kappa shape index (κ3) is 2.77. The van der Waals surface area contributed by atoms with Crippen molar-refractivity contribution >= 4 is 33.8 Å². The van der Waals surface area contributed by atoms with Crippen molar-refractivity contribution < 1.29 is 19.7 Å². The molecule has 0 saturated carbocycles. The molecule has 0 aliphatic rings. The Kier molecular flexibility index (Phi) is 4.26. The lowest BCUT2D eigenvalue weighted by molar-refractivity contribution is -0.137. The van der Waals surface area contributed by atoms with E-state index < -0.39 is 0 Å². The average Bonchev–Trinajstić information content (AvgIpc) is 2.28. The van der Waals surface area contributed by atoms with Crippen LogP contribution in [0.15, 0.2) is 18.2 Å². The summed E-state index contributed by atoms with van der Waals surface area (Å²) in [6.45, 7) is 0. The summed E-state index contributed by atoms with van der Waals surface area (Å²) in [6.07, 6.45) is 0.431. The number of Topliss-reactive ketones (excluding diaryl/α,β-unsaturated/α-hetero) is 1. The third-order valence-corrected chi connectivity index (χ3v) is 2.24. The molecule has 1 rings (SSSR count). The van der Waals surface area contributed by atoms with Crippen LogP contribution in [0.2, 0.25) is 0 Å². The van der Waals surface area contributed by atoms with Crippen molar-refractivity contribution in [3.05, 3.63) is 23.8 Å². The molecule has 0 spiro atoms. The monoisotopic (exact) mass is 273 g/mol. The summed E-state index contributed by atoms with van der Waals surface area (Å²) < 4.78 is 0. The molecule has 0 aliphatic heterocycles. The first-order valence-corrected chi connectivity index (χ1v) is 5.10. The van der Waals surface area contributed by atoms with E-state index in [1.54, 1.807) is 0 Å². The van der Waals surface area contributed by atoms with Gasteiger partial charge in [0.2, 0.25) is 6.41 Å². The highest BCUT2D eigenvalue weighted by Gasteiger charge is 2.09. The van der Waals surface area contributed by atoms with E-state index in [1.807, 2.05) is 0 Å². The molecule has 80 valence electrons. The van der Waals surface area contributed by atoms with E-state index in [0.717, 1.165) is 0 Å². The van der Waals surface area contributed by atoms with Gasteiger partial charge in [-0.15, -0.1) is 0 Å². The number of halogens is 1. The summed E-state index contributed by atoms with van der Waals surface area (Å²) in [5, 5.41) is 11.0. The van der Waals surface area contributed by atoms with Gasteiger partial charge in [-0.25, -0.2) is 5.26 Å². The number of hydrogen-bond donors (Lipinski definition) is 2. The van der Waals surface area contributed by atoms with Crippen LogP contribution in [0.4, 0.5) is 5.69 Å². The standard InChI is InChI=1S/C9H8BrNO4/c10-4-8(13)6-1-2-9(15-14)7(3-6)11-5-12/h1-3,5,14H,4H2,(H,11,12). The topological polar surface area (TPSA) is 75.6 Å². The van der Waals surface area contributed by atoms with Crippen molar-refractivity contribution in [2.45, 2.75) is 0 Å². The van der Waals surface area contributed by atoms with Crippen LogP contribution in [-0.4, -0.2) is 22.8 Å². The quantitative estimate of drug-likeness (QED) is 0.281. The maximum atomic E-state index is 11.3. The molecule has 2 N–H and O–H groups in total. The van der Waals surface area contributed by atoms with Crippen LogP contribution in [0.3, 0.4) is 0 Å². The first kappa shape index (κ1) is 11.7. The van der Waals surface area contributed by atoms with Crippen molar-refractivity contribution in [1.29, 1.82) is 0 Å². The molecule has 15 heavy (non-hydrogen) atoms. The van der Waals surface area contributed by atoms with Gasteiger partial charge in [0, 0.05) is 5.56 Å². The second-order valence-electron chi connectivity index (χ2n) is 2.62. The molecule has 0 bridgehead atoms. The molecule has 0 radical (unpaired) electrons. The molecule has 0 saturated heterocycles. The average molecular weight is 274 g/mol. The van der Waals surface area contributed by atoms with Crippen LogP contribution < -0.4 is 10.2 Å². The maximum absolute atomic E-state index is 11.3. The fraction of sp³-hybridized carbons (Fsp3) is 0.111. The number of rotatable bonds is 5. The largest absolute Gasteiger partial charge is 0.338 e. The second kappa shape index (κ2) is 5.47. The van der Waals surface area contributed by atoms with E-state index >= 15 is 0 Å². The van der Waals surface area contributed by atoms with E-state index in [1.165, 1.54) is 18.2 Å². The highest BCUT2D eigenvalue weighted by Crippen LogP contribution is 2.25. The van der Waals surface area contributed by atoms with E-state index in [9.17, 15) is 9.59 Å². The minimum Gasteiger partial charge on any atom is -0.338 e. The lowest BCUT2D eigenvalue weighted by atomic mass is 10.1. The van der Waals surface area contributed by atoms with E-state index in [4.69, 9.17) is 5.26 Å². The first-order chi connectivity index (χ1) is 7.22. The fourth-order valence-electron chi connectivity index (χ4n) is 1.04. The molecular weight excluding hydrogens is 266 g/mol. The van der Waals surface area contributed by atoms with Gasteiger partial charge in [0.05, 0.1) is 11.0 Å². The zero-order chi connectivity index (χ0) is 11.3. The predicted molar refractivity (Wildman–Crippen MR) is 57.5 cm³/mol. The lowest BCUT2D eigenvalue weighted by Gasteiger charge is -2.06. The van der Waals surface area contributed by atoms with Gasteiger partial charge in [-0.05, 0) is 18.2 Å². The molecule has 1 aromatic rings. The molecule has 0 fully saturated rings. The number of ketones is 1. The number of alkyl halides is 1. The highest BCUT2D eigenvalue weighted by molar-refractivity contribution is 9.09. The van der Waals surface area contributed by atoms with E-state index in [-0.39, 0.29) is 22.6 Å². The Morgan fingerprint density at radius 1 is 1.60 bits per heavy atom. The van der Waals surface area contributed by atoms with Gasteiger partial charge in [-0.3, -0.25) is 9.59 Å². The first-order valence-electron chi connectivity index (χ1n) is 3.97. The Balaban J connectivity index is 3.09. The molecule has 0 unspecified atom stereocenters. The van der Waals surface area contributed by atoms with Crippen LogP contribution in [0.25, 0.3) is 0 Å². The number of carbonyl (C=O) groups excluding carboxylic acids is 2. The summed E-state index contributed by atoms with van der Waals surface area (Å²) in [5.41, 5.74) is 0.649. The summed E-state index contributed by atoms with van der Waals surface area (Å²) in [6, 6.07) is 4.30. The Morgan fingerprint density at radius 3 is 2.87 bits per heavy atom. The molecule has 0 heterocycles. The van der Waals surface area contributed by atoms with Crippen LogP contribution in [-0.2, 0) is 4.79 Å². The second-order valence-corrected chi connectivity index (χ2v) is 3.18. The lowest BCUT2D eigenvalue weighted by Crippen LogP contribution is -2.03. The van der Waals surface area contributed by atoms with Gasteiger partial charge >= 0.3 is 0 Å². The Bertz CT molecular complexity index is 380. The fourth-order valence-corrected chi connectivity index (χ4v) is 1.36.